The first-order chi connectivity index (χ1) is 15.5. The number of nitrogens with one attached hydrogen (secondary N) is 1. The van der Waals surface area contributed by atoms with Crippen molar-refractivity contribution in [3.63, 3.8) is 0 Å². The second kappa shape index (κ2) is 9.52. The van der Waals surface area contributed by atoms with Gasteiger partial charge in [-0.1, -0.05) is 60.7 Å². The van der Waals surface area contributed by atoms with Crippen LogP contribution in [0.1, 0.15) is 23.1 Å². The van der Waals surface area contributed by atoms with E-state index in [1.165, 1.54) is 12.1 Å². The van der Waals surface area contributed by atoms with E-state index >= 15 is 0 Å². The van der Waals surface area contributed by atoms with E-state index in [0.717, 1.165) is 27.5 Å². The minimum atomic E-state index is -0.274. The zero-order valence-electron chi connectivity index (χ0n) is 17.9. The number of ether oxygens (including phenoxy) is 1. The van der Waals surface area contributed by atoms with Crippen LogP contribution in [0.5, 0.6) is 5.75 Å². The molecule has 0 atom stereocenters. The Kier molecular flexibility index (Phi) is 6.36. The fourth-order valence-electron chi connectivity index (χ4n) is 3.75. The molecule has 0 fully saturated rings. The van der Waals surface area contributed by atoms with E-state index in [-0.39, 0.29) is 18.1 Å². The molecule has 0 aliphatic carbocycles. The highest BCUT2D eigenvalue weighted by Gasteiger charge is 2.14. The Bertz CT molecular complexity index is 1260. The van der Waals surface area contributed by atoms with E-state index in [1.807, 2.05) is 61.5 Å². The van der Waals surface area contributed by atoms with Crippen molar-refractivity contribution in [1.29, 1.82) is 0 Å². The van der Waals surface area contributed by atoms with Crippen LogP contribution in [0.3, 0.4) is 0 Å². The Labute approximate surface area is 186 Å². The molecule has 4 aromatic carbocycles. The smallest absolute Gasteiger partial charge is 0.224 e. The van der Waals surface area contributed by atoms with Crippen LogP contribution in [0.4, 0.5) is 15.8 Å². The highest BCUT2D eigenvalue weighted by molar-refractivity contribution is 6.08. The van der Waals surface area contributed by atoms with E-state index in [9.17, 15) is 9.18 Å². The number of nitrogen functional groups attached to an aromatic ring is 1. The Morgan fingerprint density at radius 1 is 0.969 bits per heavy atom. The summed E-state index contributed by atoms with van der Waals surface area (Å²) >= 11 is 0. The largest absolute Gasteiger partial charge is 0.488 e. The summed E-state index contributed by atoms with van der Waals surface area (Å²) in [6, 6.07) is 24.0. The van der Waals surface area contributed by atoms with Gasteiger partial charge in [0.05, 0.1) is 11.4 Å². The zero-order valence-corrected chi connectivity index (χ0v) is 17.9. The third kappa shape index (κ3) is 4.89. The molecular formula is C27H25FN2O2. The fourth-order valence-corrected chi connectivity index (χ4v) is 3.75. The van der Waals surface area contributed by atoms with Crippen LogP contribution in [0, 0.1) is 12.7 Å². The van der Waals surface area contributed by atoms with Crippen LogP contribution in [0.2, 0.25) is 0 Å². The number of rotatable bonds is 7. The molecule has 5 heteroatoms. The van der Waals surface area contributed by atoms with Crippen molar-refractivity contribution in [2.75, 3.05) is 11.1 Å². The normalized spacial score (nSPS) is 10.8. The number of halogens is 1. The predicted octanol–water partition coefficient (Wildman–Crippen LogP) is 6.02. The standard InChI is InChI=1S/C27H25FN2O2/c1-18-15-21(28)13-11-20(18)12-14-26(31)30-27-23-10-6-5-9-22(23)25(16-24(27)29)32-17-19-7-3-2-4-8-19/h2-11,13,15-16H,12,14,17,29H2,1H3,(H,30,31). The monoisotopic (exact) mass is 428 g/mol. The average molecular weight is 429 g/mol. The van der Waals surface area contributed by atoms with Crippen molar-refractivity contribution >= 4 is 28.1 Å². The molecule has 0 unspecified atom stereocenters. The molecule has 0 aliphatic rings. The number of benzene rings is 4. The van der Waals surface area contributed by atoms with Crippen molar-refractivity contribution in [3.8, 4) is 5.75 Å². The maximum atomic E-state index is 13.3. The maximum Gasteiger partial charge on any atom is 0.224 e. The Morgan fingerprint density at radius 2 is 1.69 bits per heavy atom. The molecule has 3 N–H and O–H groups in total. The second-order valence-electron chi connectivity index (χ2n) is 7.78. The number of carbonyl (C=O) groups is 1. The number of anilines is 2. The lowest BCUT2D eigenvalue weighted by Gasteiger charge is -2.16. The van der Waals surface area contributed by atoms with Crippen LogP contribution in [-0.2, 0) is 17.8 Å². The Hall–Kier alpha value is -3.86. The van der Waals surface area contributed by atoms with Gasteiger partial charge in [-0.3, -0.25) is 4.79 Å². The molecule has 0 spiro atoms. The van der Waals surface area contributed by atoms with Gasteiger partial charge in [-0.2, -0.15) is 0 Å². The van der Waals surface area contributed by atoms with Gasteiger partial charge in [0.2, 0.25) is 5.91 Å². The van der Waals surface area contributed by atoms with Gasteiger partial charge in [0.25, 0.3) is 0 Å². The van der Waals surface area contributed by atoms with Crippen LogP contribution in [0.15, 0.2) is 78.9 Å². The third-order valence-electron chi connectivity index (χ3n) is 5.46. The summed E-state index contributed by atoms with van der Waals surface area (Å²) in [4.78, 5) is 12.7. The highest BCUT2D eigenvalue weighted by Crippen LogP contribution is 2.37. The summed E-state index contributed by atoms with van der Waals surface area (Å²) in [5.74, 6) is 0.245. The molecule has 0 saturated carbocycles. The molecule has 0 aliphatic heterocycles. The number of carbonyl (C=O) groups excluding carboxylic acids is 1. The molecule has 162 valence electrons. The number of amides is 1. The van der Waals surface area contributed by atoms with Crippen molar-refractivity contribution < 1.29 is 13.9 Å². The first-order valence-corrected chi connectivity index (χ1v) is 10.5. The van der Waals surface area contributed by atoms with Gasteiger partial charge in [0.15, 0.2) is 0 Å². The molecule has 0 bridgehead atoms. The number of nitrogens with two attached hydrogens (primary N) is 1. The molecule has 4 aromatic rings. The summed E-state index contributed by atoms with van der Waals surface area (Å²) in [7, 11) is 0. The van der Waals surface area contributed by atoms with Crippen molar-refractivity contribution in [2.24, 2.45) is 0 Å². The van der Waals surface area contributed by atoms with Gasteiger partial charge >= 0.3 is 0 Å². The molecule has 4 rings (SSSR count). The highest BCUT2D eigenvalue weighted by atomic mass is 19.1. The van der Waals surface area contributed by atoms with Crippen LogP contribution >= 0.6 is 0 Å². The van der Waals surface area contributed by atoms with Gasteiger partial charge in [-0.25, -0.2) is 4.39 Å². The van der Waals surface area contributed by atoms with Gasteiger partial charge < -0.3 is 15.8 Å². The van der Waals surface area contributed by atoms with E-state index in [1.54, 1.807) is 12.1 Å². The summed E-state index contributed by atoms with van der Waals surface area (Å²) in [6.45, 7) is 2.27. The predicted molar refractivity (Wildman–Crippen MR) is 127 cm³/mol. The maximum absolute atomic E-state index is 13.3. The fraction of sp³-hybridized carbons (Fsp3) is 0.148. The molecule has 0 heterocycles. The third-order valence-corrected chi connectivity index (χ3v) is 5.46. The molecule has 1 amide bonds. The van der Waals surface area contributed by atoms with Crippen LogP contribution in [0.25, 0.3) is 10.8 Å². The number of hydrogen-bond donors (Lipinski definition) is 2. The molecular weight excluding hydrogens is 403 g/mol. The number of aryl methyl sites for hydroxylation is 2. The first-order valence-electron chi connectivity index (χ1n) is 10.5. The molecule has 0 saturated heterocycles. The van der Waals surface area contributed by atoms with Gasteiger partial charge in [-0.15, -0.1) is 0 Å². The quantitative estimate of drug-likeness (QED) is 0.354. The summed E-state index contributed by atoms with van der Waals surface area (Å²) in [5, 5.41) is 4.66. The lowest BCUT2D eigenvalue weighted by molar-refractivity contribution is -0.116. The Morgan fingerprint density at radius 3 is 2.44 bits per heavy atom. The van der Waals surface area contributed by atoms with Gasteiger partial charge in [-0.05, 0) is 42.2 Å². The number of fused-ring (bicyclic) bond motifs is 1. The van der Waals surface area contributed by atoms with Crippen LogP contribution in [-0.4, -0.2) is 5.91 Å². The van der Waals surface area contributed by atoms with E-state index in [0.29, 0.717) is 30.2 Å². The second-order valence-corrected chi connectivity index (χ2v) is 7.78. The minimum Gasteiger partial charge on any atom is -0.488 e. The Balaban J connectivity index is 1.52. The van der Waals surface area contributed by atoms with Crippen molar-refractivity contribution in [3.05, 3.63) is 101 Å². The minimum absolute atomic E-state index is 0.150. The van der Waals surface area contributed by atoms with Crippen molar-refractivity contribution in [1.82, 2.24) is 0 Å². The molecule has 0 radical (unpaired) electrons. The van der Waals surface area contributed by atoms with Gasteiger partial charge in [0.1, 0.15) is 18.2 Å². The summed E-state index contributed by atoms with van der Waals surface area (Å²) < 4.78 is 19.4. The van der Waals surface area contributed by atoms with E-state index in [4.69, 9.17) is 10.5 Å². The topological polar surface area (TPSA) is 64.4 Å². The van der Waals surface area contributed by atoms with E-state index < -0.39 is 0 Å². The van der Waals surface area contributed by atoms with E-state index in [2.05, 4.69) is 5.32 Å². The average Bonchev–Trinajstić information content (AvgIpc) is 2.80. The lowest BCUT2D eigenvalue weighted by atomic mass is 10.0. The SMILES string of the molecule is Cc1cc(F)ccc1CCC(=O)Nc1c(N)cc(OCc2ccccc2)c2ccccc12. The molecule has 32 heavy (non-hydrogen) atoms. The van der Waals surface area contributed by atoms with Gasteiger partial charge in [0, 0.05) is 23.3 Å². The number of hydrogen-bond acceptors (Lipinski definition) is 3. The summed E-state index contributed by atoms with van der Waals surface area (Å²) in [5.41, 5.74) is 10.2. The van der Waals surface area contributed by atoms with Crippen molar-refractivity contribution in [2.45, 2.75) is 26.4 Å². The summed E-state index contributed by atoms with van der Waals surface area (Å²) in [6.07, 6.45) is 0.792. The zero-order chi connectivity index (χ0) is 22.5. The first kappa shape index (κ1) is 21.4. The van der Waals surface area contributed by atoms with Crippen LogP contribution < -0.4 is 15.8 Å². The molecule has 0 aromatic heterocycles. The lowest BCUT2D eigenvalue weighted by Crippen LogP contribution is -2.14. The molecule has 4 nitrogen and oxygen atoms in total.